The Kier molecular flexibility index (Phi) is 4.81. The van der Waals surface area contributed by atoms with E-state index in [4.69, 9.17) is 0 Å². The first-order valence-corrected chi connectivity index (χ1v) is 7.00. The first-order valence-electron chi connectivity index (χ1n) is 7.00. The molecular weight excluding hydrogens is 196 g/mol. The fourth-order valence-electron chi connectivity index (χ4n) is 2.61. The maximum Gasteiger partial charge on any atom is 0.0278 e. The highest BCUT2D eigenvalue weighted by molar-refractivity contribution is 4.94. The smallest absolute Gasteiger partial charge is 0.0278 e. The minimum Gasteiger partial charge on any atom is -0.310 e. The van der Waals surface area contributed by atoms with Crippen LogP contribution in [0, 0.1) is 0 Å². The summed E-state index contributed by atoms with van der Waals surface area (Å²) in [5.74, 6) is 0. The Morgan fingerprint density at radius 2 is 1.88 bits per heavy atom. The van der Waals surface area contributed by atoms with E-state index in [9.17, 15) is 0 Å². The molecule has 0 aliphatic carbocycles. The Balaban J connectivity index is 2.79. The Morgan fingerprint density at radius 3 is 2.38 bits per heavy atom. The monoisotopic (exact) mass is 226 g/mol. The van der Waals surface area contributed by atoms with Crippen molar-refractivity contribution < 1.29 is 0 Å². The van der Waals surface area contributed by atoms with Gasteiger partial charge < -0.3 is 5.32 Å². The highest BCUT2D eigenvalue weighted by atomic mass is 15.2. The van der Waals surface area contributed by atoms with E-state index in [1.807, 2.05) is 0 Å². The molecule has 16 heavy (non-hydrogen) atoms. The van der Waals surface area contributed by atoms with Gasteiger partial charge in [-0.25, -0.2) is 0 Å². The standard InChI is InChI=1S/C14H30N2/c1-6-13(4)12-16(11-9-10-15-13)14(5,7-2)8-3/h15H,6-12H2,1-5H3. The fraction of sp³-hybridized carbons (Fsp3) is 1.00. The van der Waals surface area contributed by atoms with Crippen molar-refractivity contribution in [1.29, 1.82) is 0 Å². The Labute approximate surface area is 102 Å². The average molecular weight is 226 g/mol. The third kappa shape index (κ3) is 2.98. The van der Waals surface area contributed by atoms with Crippen molar-refractivity contribution in [3.8, 4) is 0 Å². The van der Waals surface area contributed by atoms with E-state index in [1.165, 1.54) is 45.3 Å². The summed E-state index contributed by atoms with van der Waals surface area (Å²) in [6.07, 6.45) is 5.00. The van der Waals surface area contributed by atoms with Crippen LogP contribution < -0.4 is 5.32 Å². The van der Waals surface area contributed by atoms with Gasteiger partial charge in [0.1, 0.15) is 0 Å². The molecule has 0 aromatic heterocycles. The number of hydrogen-bond donors (Lipinski definition) is 1. The summed E-state index contributed by atoms with van der Waals surface area (Å²) in [6, 6.07) is 0. The van der Waals surface area contributed by atoms with Gasteiger partial charge in [-0.05, 0) is 52.6 Å². The molecule has 0 saturated carbocycles. The van der Waals surface area contributed by atoms with Crippen molar-refractivity contribution in [1.82, 2.24) is 10.2 Å². The van der Waals surface area contributed by atoms with Gasteiger partial charge in [0.2, 0.25) is 0 Å². The molecule has 0 spiro atoms. The van der Waals surface area contributed by atoms with Crippen molar-refractivity contribution in [3.05, 3.63) is 0 Å². The van der Waals surface area contributed by atoms with Crippen LogP contribution in [0.4, 0.5) is 0 Å². The predicted octanol–water partition coefficient (Wildman–Crippen LogP) is 3.03. The molecule has 0 radical (unpaired) electrons. The van der Waals surface area contributed by atoms with Crippen LogP contribution in [0.2, 0.25) is 0 Å². The Hall–Kier alpha value is -0.0800. The summed E-state index contributed by atoms with van der Waals surface area (Å²) in [5.41, 5.74) is 0.699. The molecule has 1 saturated heterocycles. The largest absolute Gasteiger partial charge is 0.310 e. The van der Waals surface area contributed by atoms with Crippen LogP contribution in [0.1, 0.15) is 60.3 Å². The van der Waals surface area contributed by atoms with Gasteiger partial charge in [0.05, 0.1) is 0 Å². The minimum absolute atomic E-state index is 0.308. The van der Waals surface area contributed by atoms with Crippen molar-refractivity contribution in [2.75, 3.05) is 19.6 Å². The average Bonchev–Trinajstić information content (AvgIpc) is 2.51. The number of rotatable bonds is 4. The third-order valence-corrected chi connectivity index (χ3v) is 4.76. The zero-order valence-electron chi connectivity index (χ0n) is 11.9. The number of nitrogens with one attached hydrogen (secondary N) is 1. The molecule has 2 nitrogen and oxygen atoms in total. The van der Waals surface area contributed by atoms with E-state index in [1.54, 1.807) is 0 Å². The zero-order valence-corrected chi connectivity index (χ0v) is 11.9. The highest BCUT2D eigenvalue weighted by Crippen LogP contribution is 2.27. The predicted molar refractivity (Wildman–Crippen MR) is 71.9 cm³/mol. The van der Waals surface area contributed by atoms with E-state index in [0.717, 1.165) is 0 Å². The molecule has 1 heterocycles. The zero-order chi connectivity index (χ0) is 12.2. The van der Waals surface area contributed by atoms with Gasteiger partial charge in [0.15, 0.2) is 0 Å². The summed E-state index contributed by atoms with van der Waals surface area (Å²) in [5, 5.41) is 3.72. The van der Waals surface area contributed by atoms with Gasteiger partial charge in [-0.3, -0.25) is 4.90 Å². The first-order chi connectivity index (χ1) is 7.49. The molecule has 1 fully saturated rings. The molecular formula is C14H30N2. The molecule has 96 valence electrons. The highest BCUT2D eigenvalue weighted by Gasteiger charge is 2.35. The quantitative estimate of drug-likeness (QED) is 0.792. The SMILES string of the molecule is CCC1(C)CN(C(C)(CC)CC)CCCN1. The number of nitrogens with zero attached hydrogens (tertiary/aromatic N) is 1. The lowest BCUT2D eigenvalue weighted by Gasteiger charge is -2.43. The van der Waals surface area contributed by atoms with Crippen molar-refractivity contribution >= 4 is 0 Å². The molecule has 2 heteroatoms. The third-order valence-electron chi connectivity index (χ3n) is 4.76. The van der Waals surface area contributed by atoms with Crippen LogP contribution in [-0.4, -0.2) is 35.6 Å². The molecule has 1 atom stereocenters. The Morgan fingerprint density at radius 1 is 1.25 bits per heavy atom. The molecule has 1 aliphatic rings. The van der Waals surface area contributed by atoms with Crippen molar-refractivity contribution in [2.45, 2.75) is 71.4 Å². The first kappa shape index (κ1) is 14.0. The van der Waals surface area contributed by atoms with E-state index in [-0.39, 0.29) is 0 Å². The molecule has 1 unspecified atom stereocenters. The molecule has 0 amide bonds. The van der Waals surface area contributed by atoms with Crippen LogP contribution in [0.15, 0.2) is 0 Å². The molecule has 1 N–H and O–H groups in total. The second-order valence-corrected chi connectivity index (χ2v) is 5.82. The maximum atomic E-state index is 3.72. The van der Waals surface area contributed by atoms with Gasteiger partial charge in [0.25, 0.3) is 0 Å². The lowest BCUT2D eigenvalue weighted by atomic mass is 9.90. The summed E-state index contributed by atoms with van der Waals surface area (Å²) < 4.78 is 0. The van der Waals surface area contributed by atoms with Crippen LogP contribution in [0.3, 0.4) is 0 Å². The Bertz CT molecular complexity index is 211. The summed E-state index contributed by atoms with van der Waals surface area (Å²) in [6.45, 7) is 15.4. The van der Waals surface area contributed by atoms with Crippen LogP contribution >= 0.6 is 0 Å². The second-order valence-electron chi connectivity index (χ2n) is 5.82. The molecule has 1 aliphatic heterocycles. The molecule has 1 rings (SSSR count). The van der Waals surface area contributed by atoms with Gasteiger partial charge in [-0.2, -0.15) is 0 Å². The molecule has 0 bridgehead atoms. The molecule has 0 aromatic rings. The van der Waals surface area contributed by atoms with Gasteiger partial charge >= 0.3 is 0 Å². The van der Waals surface area contributed by atoms with Crippen molar-refractivity contribution in [3.63, 3.8) is 0 Å². The minimum atomic E-state index is 0.308. The number of hydrogen-bond acceptors (Lipinski definition) is 2. The van der Waals surface area contributed by atoms with Gasteiger partial charge in [-0.1, -0.05) is 20.8 Å². The van der Waals surface area contributed by atoms with Crippen molar-refractivity contribution in [2.24, 2.45) is 0 Å². The topological polar surface area (TPSA) is 15.3 Å². The van der Waals surface area contributed by atoms with E-state index in [2.05, 4.69) is 44.8 Å². The van der Waals surface area contributed by atoms with Gasteiger partial charge in [-0.15, -0.1) is 0 Å². The van der Waals surface area contributed by atoms with Crippen LogP contribution in [-0.2, 0) is 0 Å². The maximum absolute atomic E-state index is 3.72. The molecule has 0 aromatic carbocycles. The normalized spacial score (nSPS) is 29.1. The fourth-order valence-corrected chi connectivity index (χ4v) is 2.61. The van der Waals surface area contributed by atoms with Gasteiger partial charge in [0, 0.05) is 17.6 Å². The summed E-state index contributed by atoms with van der Waals surface area (Å²) >= 11 is 0. The van der Waals surface area contributed by atoms with E-state index < -0.39 is 0 Å². The second kappa shape index (κ2) is 5.50. The van der Waals surface area contributed by atoms with Crippen LogP contribution in [0.5, 0.6) is 0 Å². The van der Waals surface area contributed by atoms with E-state index >= 15 is 0 Å². The van der Waals surface area contributed by atoms with E-state index in [0.29, 0.717) is 11.1 Å². The van der Waals surface area contributed by atoms with Crippen LogP contribution in [0.25, 0.3) is 0 Å². The summed E-state index contributed by atoms with van der Waals surface area (Å²) in [4.78, 5) is 2.72. The lowest BCUT2D eigenvalue weighted by molar-refractivity contribution is 0.0747. The summed E-state index contributed by atoms with van der Waals surface area (Å²) in [7, 11) is 0. The lowest BCUT2D eigenvalue weighted by Crippen LogP contribution is -2.54.